The average molecular weight is 505 g/mol. The quantitative estimate of drug-likeness (QED) is 0.165. The highest BCUT2D eigenvalue weighted by atomic mass is 16.6. The van der Waals surface area contributed by atoms with E-state index in [9.17, 15) is 9.59 Å². The van der Waals surface area contributed by atoms with E-state index < -0.39 is 5.97 Å². The highest BCUT2D eigenvalue weighted by Gasteiger charge is 2.14. The molecular formula is C29H32N2O6. The molecule has 0 aliphatic carbocycles. The predicted molar refractivity (Wildman–Crippen MR) is 142 cm³/mol. The maximum absolute atomic E-state index is 12.5. The fraction of sp³-hybridized carbons (Fsp3) is 0.276. The molecule has 0 fully saturated rings. The van der Waals surface area contributed by atoms with Crippen LogP contribution in [0.1, 0.15) is 53.7 Å². The Kier molecular flexibility index (Phi) is 9.66. The first kappa shape index (κ1) is 27.3. The van der Waals surface area contributed by atoms with E-state index in [1.54, 1.807) is 49.6 Å². The Hall–Kier alpha value is -4.33. The van der Waals surface area contributed by atoms with E-state index in [1.165, 1.54) is 6.21 Å². The standard InChI is InChI=1S/C29H32N2O6/c1-6-35-27-15-21(8-14-25(27)37-29(33)22-10-12-24(34-5)13-11-22)17-30-31-28(32)18-36-26-16-23(19(2)3)9-7-20(26)4/h7-17,19H,6,18H2,1-5H3,(H,31,32)/b30-17-. The number of rotatable bonds is 11. The zero-order chi connectivity index (χ0) is 26.8. The number of benzene rings is 3. The summed E-state index contributed by atoms with van der Waals surface area (Å²) in [7, 11) is 1.56. The van der Waals surface area contributed by atoms with E-state index in [2.05, 4.69) is 30.4 Å². The summed E-state index contributed by atoms with van der Waals surface area (Å²) in [6.45, 7) is 8.18. The molecular weight excluding hydrogens is 472 g/mol. The molecule has 0 saturated heterocycles. The van der Waals surface area contributed by atoms with Crippen molar-refractivity contribution in [3.8, 4) is 23.0 Å². The first-order valence-corrected chi connectivity index (χ1v) is 12.0. The minimum absolute atomic E-state index is 0.163. The Morgan fingerprint density at radius 1 is 0.946 bits per heavy atom. The topological polar surface area (TPSA) is 95.5 Å². The first-order valence-electron chi connectivity index (χ1n) is 12.0. The van der Waals surface area contributed by atoms with Crippen molar-refractivity contribution in [1.29, 1.82) is 0 Å². The van der Waals surface area contributed by atoms with Crippen LogP contribution >= 0.6 is 0 Å². The largest absolute Gasteiger partial charge is 0.497 e. The molecule has 0 spiro atoms. The summed E-state index contributed by atoms with van der Waals surface area (Å²) >= 11 is 0. The first-order chi connectivity index (χ1) is 17.8. The minimum Gasteiger partial charge on any atom is -0.497 e. The number of nitrogens with zero attached hydrogens (tertiary/aromatic N) is 1. The van der Waals surface area contributed by atoms with E-state index in [0.29, 0.717) is 40.9 Å². The fourth-order valence-corrected chi connectivity index (χ4v) is 3.33. The zero-order valence-electron chi connectivity index (χ0n) is 21.7. The average Bonchev–Trinajstić information content (AvgIpc) is 2.89. The van der Waals surface area contributed by atoms with E-state index >= 15 is 0 Å². The zero-order valence-corrected chi connectivity index (χ0v) is 21.7. The van der Waals surface area contributed by atoms with E-state index in [-0.39, 0.29) is 18.3 Å². The van der Waals surface area contributed by atoms with Crippen LogP contribution in [0, 0.1) is 6.92 Å². The summed E-state index contributed by atoms with van der Waals surface area (Å²) in [5.41, 5.74) is 5.58. The molecule has 0 unspecified atom stereocenters. The Labute approximate surface area is 217 Å². The molecule has 0 aromatic heterocycles. The van der Waals surface area contributed by atoms with Crippen molar-refractivity contribution in [3.63, 3.8) is 0 Å². The molecule has 0 aliphatic heterocycles. The third-order valence-electron chi connectivity index (χ3n) is 5.44. The lowest BCUT2D eigenvalue weighted by atomic mass is 10.0. The number of aryl methyl sites for hydroxylation is 1. The monoisotopic (exact) mass is 504 g/mol. The van der Waals surface area contributed by atoms with Crippen LogP contribution in [0.2, 0.25) is 0 Å². The van der Waals surface area contributed by atoms with Crippen LogP contribution in [0.5, 0.6) is 23.0 Å². The summed E-state index contributed by atoms with van der Waals surface area (Å²) in [6, 6.07) is 17.6. The second kappa shape index (κ2) is 13.1. The van der Waals surface area contributed by atoms with Crippen molar-refractivity contribution in [3.05, 3.63) is 82.9 Å². The molecule has 1 amide bonds. The summed E-state index contributed by atoms with van der Waals surface area (Å²) in [5, 5.41) is 4.00. The number of esters is 1. The second-order valence-corrected chi connectivity index (χ2v) is 8.52. The molecule has 3 aromatic rings. The molecule has 8 heteroatoms. The predicted octanol–water partition coefficient (Wildman–Crippen LogP) is 5.27. The number of nitrogens with one attached hydrogen (secondary N) is 1. The van der Waals surface area contributed by atoms with Crippen LogP contribution in [0.3, 0.4) is 0 Å². The van der Waals surface area contributed by atoms with Crippen molar-refractivity contribution in [1.82, 2.24) is 5.43 Å². The van der Waals surface area contributed by atoms with Gasteiger partial charge in [0.15, 0.2) is 18.1 Å². The highest BCUT2D eigenvalue weighted by Crippen LogP contribution is 2.29. The van der Waals surface area contributed by atoms with Crippen molar-refractivity contribution in [2.24, 2.45) is 5.10 Å². The number of hydrogen-bond acceptors (Lipinski definition) is 7. The molecule has 8 nitrogen and oxygen atoms in total. The van der Waals surface area contributed by atoms with Crippen LogP contribution < -0.4 is 24.4 Å². The normalized spacial score (nSPS) is 10.9. The SMILES string of the molecule is CCOc1cc(/C=N\NC(=O)COc2cc(C(C)C)ccc2C)ccc1OC(=O)c1ccc(OC)cc1. The Morgan fingerprint density at radius 3 is 2.38 bits per heavy atom. The number of hydrogen-bond donors (Lipinski definition) is 1. The van der Waals surface area contributed by atoms with E-state index in [4.69, 9.17) is 18.9 Å². The van der Waals surface area contributed by atoms with Crippen LogP contribution in [-0.2, 0) is 4.79 Å². The Morgan fingerprint density at radius 2 is 1.70 bits per heavy atom. The van der Waals surface area contributed by atoms with Gasteiger partial charge in [-0.25, -0.2) is 10.2 Å². The van der Waals surface area contributed by atoms with Crippen molar-refractivity contribution >= 4 is 18.1 Å². The van der Waals surface area contributed by atoms with Gasteiger partial charge >= 0.3 is 5.97 Å². The van der Waals surface area contributed by atoms with Crippen LogP contribution in [0.25, 0.3) is 0 Å². The van der Waals surface area contributed by atoms with Gasteiger partial charge in [-0.2, -0.15) is 5.10 Å². The molecule has 0 heterocycles. The van der Waals surface area contributed by atoms with Gasteiger partial charge in [0.05, 0.1) is 25.5 Å². The van der Waals surface area contributed by atoms with Crippen LogP contribution in [-0.4, -0.2) is 38.4 Å². The van der Waals surface area contributed by atoms with Gasteiger partial charge in [0.1, 0.15) is 11.5 Å². The number of methoxy groups -OCH3 is 1. The van der Waals surface area contributed by atoms with Gasteiger partial charge < -0.3 is 18.9 Å². The Bertz CT molecular complexity index is 1250. The molecule has 0 bridgehead atoms. The van der Waals surface area contributed by atoms with Gasteiger partial charge in [-0.15, -0.1) is 0 Å². The lowest BCUT2D eigenvalue weighted by Gasteiger charge is -2.12. The number of amides is 1. The molecule has 3 rings (SSSR count). The molecule has 3 aromatic carbocycles. The number of carbonyl (C=O) groups excluding carboxylic acids is 2. The summed E-state index contributed by atoms with van der Waals surface area (Å²) in [4.78, 5) is 24.8. The maximum atomic E-state index is 12.5. The molecule has 0 atom stereocenters. The summed E-state index contributed by atoms with van der Waals surface area (Å²) < 4.78 is 22.0. The van der Waals surface area contributed by atoms with Crippen molar-refractivity contribution in [2.45, 2.75) is 33.6 Å². The lowest BCUT2D eigenvalue weighted by molar-refractivity contribution is -0.123. The van der Waals surface area contributed by atoms with Gasteiger partial charge in [-0.3, -0.25) is 4.79 Å². The third kappa shape index (κ3) is 7.83. The van der Waals surface area contributed by atoms with Gasteiger partial charge in [0.25, 0.3) is 5.91 Å². The number of ether oxygens (including phenoxy) is 4. The fourth-order valence-electron chi connectivity index (χ4n) is 3.33. The number of hydrazone groups is 1. The van der Waals surface area contributed by atoms with Gasteiger partial charge in [0.2, 0.25) is 0 Å². The Balaban J connectivity index is 1.60. The number of carbonyl (C=O) groups is 2. The smallest absolute Gasteiger partial charge is 0.343 e. The third-order valence-corrected chi connectivity index (χ3v) is 5.44. The van der Waals surface area contributed by atoms with E-state index in [1.807, 2.05) is 26.0 Å². The van der Waals surface area contributed by atoms with E-state index in [0.717, 1.165) is 11.1 Å². The summed E-state index contributed by atoms with van der Waals surface area (Å²) in [6.07, 6.45) is 1.47. The van der Waals surface area contributed by atoms with Crippen molar-refractivity contribution < 1.29 is 28.5 Å². The van der Waals surface area contributed by atoms with Crippen LogP contribution in [0.15, 0.2) is 65.8 Å². The molecule has 0 aliphatic rings. The van der Waals surface area contributed by atoms with Crippen LogP contribution in [0.4, 0.5) is 0 Å². The lowest BCUT2D eigenvalue weighted by Crippen LogP contribution is -2.24. The molecule has 37 heavy (non-hydrogen) atoms. The maximum Gasteiger partial charge on any atom is 0.343 e. The van der Waals surface area contributed by atoms with Gasteiger partial charge in [-0.05, 0) is 85.0 Å². The minimum atomic E-state index is -0.522. The van der Waals surface area contributed by atoms with Gasteiger partial charge in [0, 0.05) is 0 Å². The molecule has 1 N–H and O–H groups in total. The van der Waals surface area contributed by atoms with Gasteiger partial charge in [-0.1, -0.05) is 26.0 Å². The molecule has 0 saturated carbocycles. The summed E-state index contributed by atoms with van der Waals surface area (Å²) in [5.74, 6) is 1.42. The molecule has 0 radical (unpaired) electrons. The second-order valence-electron chi connectivity index (χ2n) is 8.52. The highest BCUT2D eigenvalue weighted by molar-refractivity contribution is 5.92. The van der Waals surface area contributed by atoms with Crippen molar-refractivity contribution in [2.75, 3.05) is 20.3 Å². The molecule has 194 valence electrons.